The van der Waals surface area contributed by atoms with E-state index >= 15 is 0 Å². The maximum absolute atomic E-state index is 6.03. The van der Waals surface area contributed by atoms with Crippen molar-refractivity contribution in [2.24, 2.45) is 5.73 Å². The predicted octanol–water partition coefficient (Wildman–Crippen LogP) is 2.00. The first kappa shape index (κ1) is 13.9. The second-order valence-electron chi connectivity index (χ2n) is 4.92. The molecule has 1 heterocycles. The van der Waals surface area contributed by atoms with Crippen LogP contribution in [0.1, 0.15) is 46.0 Å². The Balaban J connectivity index is 2.17. The molecule has 1 rings (SSSR count). The summed E-state index contributed by atoms with van der Waals surface area (Å²) in [6.07, 6.45) is 6.30. The molecule has 2 atom stereocenters. The average Bonchev–Trinajstić information content (AvgIpc) is 2.29. The highest BCUT2D eigenvalue weighted by molar-refractivity contribution is 4.82. The fraction of sp³-hybridized carbons (Fsp3) is 1.00. The zero-order chi connectivity index (χ0) is 11.8. The number of unbranched alkanes of at least 4 members (excludes halogenated alkanes) is 1. The number of likely N-dealkylation sites (tertiary alicyclic amines) is 1. The van der Waals surface area contributed by atoms with Crippen molar-refractivity contribution in [1.82, 2.24) is 4.90 Å². The second kappa shape index (κ2) is 8.04. The van der Waals surface area contributed by atoms with Crippen LogP contribution in [-0.4, -0.2) is 43.3 Å². The molecule has 2 N–H and O–H groups in total. The largest absolute Gasteiger partial charge is 0.380 e. The van der Waals surface area contributed by atoms with Gasteiger partial charge in [-0.3, -0.25) is 4.90 Å². The van der Waals surface area contributed by atoms with Gasteiger partial charge >= 0.3 is 0 Å². The molecule has 3 nitrogen and oxygen atoms in total. The molecule has 3 heteroatoms. The monoisotopic (exact) mass is 228 g/mol. The standard InChI is InChI=1S/C13H28N2O/c1-3-4-10-16-11-9-15-8-6-5-7-13(15)12(2)14/h12-13H,3-11,14H2,1-2H3. The minimum atomic E-state index is 0.288. The van der Waals surface area contributed by atoms with Crippen LogP contribution < -0.4 is 5.73 Å². The predicted molar refractivity (Wildman–Crippen MR) is 68.6 cm³/mol. The summed E-state index contributed by atoms with van der Waals surface area (Å²) in [7, 11) is 0. The number of rotatable bonds is 7. The maximum atomic E-state index is 6.03. The topological polar surface area (TPSA) is 38.5 Å². The lowest BCUT2D eigenvalue weighted by Crippen LogP contribution is -2.50. The highest BCUT2D eigenvalue weighted by Crippen LogP contribution is 2.18. The van der Waals surface area contributed by atoms with Crippen molar-refractivity contribution in [3.63, 3.8) is 0 Å². The molecule has 0 amide bonds. The van der Waals surface area contributed by atoms with Crippen LogP contribution in [0.2, 0.25) is 0 Å². The summed E-state index contributed by atoms with van der Waals surface area (Å²) in [6.45, 7) is 8.34. The fourth-order valence-electron chi connectivity index (χ4n) is 2.42. The molecule has 16 heavy (non-hydrogen) atoms. The third-order valence-electron chi connectivity index (χ3n) is 3.44. The Kier molecular flexibility index (Phi) is 7.01. The van der Waals surface area contributed by atoms with Crippen LogP contribution in [0.25, 0.3) is 0 Å². The highest BCUT2D eigenvalue weighted by atomic mass is 16.5. The summed E-state index contributed by atoms with van der Waals surface area (Å²) in [5.41, 5.74) is 6.03. The molecule has 0 aromatic rings. The zero-order valence-electron chi connectivity index (χ0n) is 11.0. The molecule has 0 aliphatic carbocycles. The summed E-state index contributed by atoms with van der Waals surface area (Å²) >= 11 is 0. The molecule has 0 aromatic heterocycles. The van der Waals surface area contributed by atoms with Crippen LogP contribution >= 0.6 is 0 Å². The lowest BCUT2D eigenvalue weighted by atomic mass is 9.97. The Morgan fingerprint density at radius 1 is 1.38 bits per heavy atom. The Morgan fingerprint density at radius 2 is 2.19 bits per heavy atom. The first-order valence-corrected chi connectivity index (χ1v) is 6.83. The molecule has 1 aliphatic rings. The van der Waals surface area contributed by atoms with Crippen LogP contribution in [0.4, 0.5) is 0 Å². The Hall–Kier alpha value is -0.120. The van der Waals surface area contributed by atoms with Gasteiger partial charge in [-0.05, 0) is 32.7 Å². The van der Waals surface area contributed by atoms with Crippen molar-refractivity contribution < 1.29 is 4.74 Å². The molecule has 1 fully saturated rings. The van der Waals surface area contributed by atoms with Gasteiger partial charge in [-0.1, -0.05) is 19.8 Å². The highest BCUT2D eigenvalue weighted by Gasteiger charge is 2.24. The summed E-state index contributed by atoms with van der Waals surface area (Å²) in [6, 6.07) is 0.861. The van der Waals surface area contributed by atoms with Gasteiger partial charge in [-0.25, -0.2) is 0 Å². The van der Waals surface area contributed by atoms with Crippen molar-refractivity contribution in [1.29, 1.82) is 0 Å². The first-order chi connectivity index (χ1) is 7.75. The van der Waals surface area contributed by atoms with Crippen LogP contribution in [-0.2, 0) is 4.74 Å². The quantitative estimate of drug-likeness (QED) is 0.677. The normalized spacial score (nSPS) is 24.6. The van der Waals surface area contributed by atoms with Gasteiger partial charge in [0.05, 0.1) is 6.61 Å². The number of nitrogens with two attached hydrogens (primary N) is 1. The van der Waals surface area contributed by atoms with Crippen LogP contribution in [0, 0.1) is 0 Å². The second-order valence-corrected chi connectivity index (χ2v) is 4.92. The summed E-state index contributed by atoms with van der Waals surface area (Å²) in [5, 5.41) is 0. The smallest absolute Gasteiger partial charge is 0.0593 e. The van der Waals surface area contributed by atoms with Gasteiger partial charge in [0.1, 0.15) is 0 Å². The van der Waals surface area contributed by atoms with Crippen LogP contribution in [0.15, 0.2) is 0 Å². The Morgan fingerprint density at radius 3 is 2.88 bits per heavy atom. The van der Waals surface area contributed by atoms with Gasteiger partial charge in [-0.2, -0.15) is 0 Å². The summed E-state index contributed by atoms with van der Waals surface area (Å²) in [4.78, 5) is 2.51. The van der Waals surface area contributed by atoms with Crippen LogP contribution in [0.5, 0.6) is 0 Å². The molecule has 96 valence electrons. The number of piperidine rings is 1. The molecule has 0 spiro atoms. The number of ether oxygens (including phenoxy) is 1. The van der Waals surface area contributed by atoms with Gasteiger partial charge in [0.2, 0.25) is 0 Å². The third-order valence-corrected chi connectivity index (χ3v) is 3.44. The Labute approximate surface area is 100 Å². The van der Waals surface area contributed by atoms with Gasteiger partial charge in [0.15, 0.2) is 0 Å². The summed E-state index contributed by atoms with van der Waals surface area (Å²) < 4.78 is 5.62. The van der Waals surface area contributed by atoms with Crippen LogP contribution in [0.3, 0.4) is 0 Å². The fourth-order valence-corrected chi connectivity index (χ4v) is 2.42. The van der Waals surface area contributed by atoms with Crippen molar-refractivity contribution >= 4 is 0 Å². The number of hydrogen-bond acceptors (Lipinski definition) is 3. The van der Waals surface area contributed by atoms with Gasteiger partial charge < -0.3 is 10.5 Å². The van der Waals surface area contributed by atoms with E-state index in [2.05, 4.69) is 18.7 Å². The van der Waals surface area contributed by atoms with E-state index in [1.807, 2.05) is 0 Å². The average molecular weight is 228 g/mol. The first-order valence-electron chi connectivity index (χ1n) is 6.83. The third kappa shape index (κ3) is 4.81. The lowest BCUT2D eigenvalue weighted by molar-refractivity contribution is 0.0642. The van der Waals surface area contributed by atoms with E-state index in [9.17, 15) is 0 Å². The molecule has 0 saturated carbocycles. The van der Waals surface area contributed by atoms with E-state index in [1.165, 1.54) is 38.6 Å². The lowest BCUT2D eigenvalue weighted by Gasteiger charge is -2.37. The number of hydrogen-bond donors (Lipinski definition) is 1. The van der Waals surface area contributed by atoms with E-state index in [-0.39, 0.29) is 6.04 Å². The van der Waals surface area contributed by atoms with Gasteiger partial charge in [0.25, 0.3) is 0 Å². The molecule has 0 radical (unpaired) electrons. The van der Waals surface area contributed by atoms with E-state index in [0.29, 0.717) is 6.04 Å². The van der Waals surface area contributed by atoms with Crippen molar-refractivity contribution in [3.05, 3.63) is 0 Å². The van der Waals surface area contributed by atoms with Crippen molar-refractivity contribution in [3.8, 4) is 0 Å². The molecular formula is C13H28N2O. The molecule has 2 unspecified atom stereocenters. The minimum Gasteiger partial charge on any atom is -0.380 e. The Bertz CT molecular complexity index is 173. The molecule has 1 saturated heterocycles. The van der Waals surface area contributed by atoms with Gasteiger partial charge in [-0.15, -0.1) is 0 Å². The number of nitrogens with zero attached hydrogens (tertiary/aromatic N) is 1. The zero-order valence-corrected chi connectivity index (χ0v) is 11.0. The van der Waals surface area contributed by atoms with Crippen molar-refractivity contribution in [2.45, 2.75) is 58.0 Å². The maximum Gasteiger partial charge on any atom is 0.0593 e. The molecule has 1 aliphatic heterocycles. The van der Waals surface area contributed by atoms with E-state index in [0.717, 1.165) is 19.8 Å². The minimum absolute atomic E-state index is 0.288. The molecular weight excluding hydrogens is 200 g/mol. The van der Waals surface area contributed by atoms with E-state index in [1.54, 1.807) is 0 Å². The SMILES string of the molecule is CCCCOCCN1CCCCC1C(C)N. The van der Waals surface area contributed by atoms with Gasteiger partial charge in [0, 0.05) is 25.2 Å². The van der Waals surface area contributed by atoms with Crippen molar-refractivity contribution in [2.75, 3.05) is 26.3 Å². The summed E-state index contributed by atoms with van der Waals surface area (Å²) in [5.74, 6) is 0. The van der Waals surface area contributed by atoms with E-state index in [4.69, 9.17) is 10.5 Å². The molecule has 0 aromatic carbocycles. The van der Waals surface area contributed by atoms with E-state index < -0.39 is 0 Å². The molecule has 0 bridgehead atoms.